The van der Waals surface area contributed by atoms with Gasteiger partial charge in [0, 0.05) is 6.07 Å². The molecule has 0 atom stereocenters. The van der Waals surface area contributed by atoms with Gasteiger partial charge in [-0.3, -0.25) is 9.48 Å². The second kappa shape index (κ2) is 6.96. The standard InChI is InChI=1S/C15H14ClF2N3O3/c1-7-14(16)8(2)21(20-7)6-13(22)19-12-4-9(15(23)24-3)10(17)5-11(12)18/h4-5H,6H2,1-3H3,(H,19,22). The molecule has 1 aromatic carbocycles. The molecular weight excluding hydrogens is 344 g/mol. The summed E-state index contributed by atoms with van der Waals surface area (Å²) >= 11 is 5.99. The van der Waals surface area contributed by atoms with Crippen molar-refractivity contribution in [3.05, 3.63) is 45.7 Å². The first-order chi connectivity index (χ1) is 11.2. The molecular formula is C15H14ClF2N3O3. The molecule has 0 spiro atoms. The molecule has 0 unspecified atom stereocenters. The van der Waals surface area contributed by atoms with E-state index in [1.165, 1.54) is 4.68 Å². The van der Waals surface area contributed by atoms with E-state index in [0.29, 0.717) is 22.5 Å². The molecule has 9 heteroatoms. The number of methoxy groups -OCH3 is 1. The number of aryl methyl sites for hydroxylation is 1. The fourth-order valence-electron chi connectivity index (χ4n) is 2.07. The largest absolute Gasteiger partial charge is 0.465 e. The number of amides is 1. The molecule has 2 aromatic rings. The second-order valence-electron chi connectivity index (χ2n) is 4.99. The molecule has 0 aliphatic rings. The molecule has 1 N–H and O–H groups in total. The van der Waals surface area contributed by atoms with E-state index < -0.39 is 29.1 Å². The van der Waals surface area contributed by atoms with Gasteiger partial charge < -0.3 is 10.1 Å². The monoisotopic (exact) mass is 357 g/mol. The Balaban J connectivity index is 2.22. The quantitative estimate of drug-likeness (QED) is 0.854. The molecule has 0 fully saturated rings. The lowest BCUT2D eigenvalue weighted by Crippen LogP contribution is -2.21. The van der Waals surface area contributed by atoms with Gasteiger partial charge in [0.2, 0.25) is 5.91 Å². The Morgan fingerprint density at radius 3 is 2.50 bits per heavy atom. The number of anilines is 1. The number of hydrogen-bond donors (Lipinski definition) is 1. The number of hydrogen-bond acceptors (Lipinski definition) is 4. The number of rotatable bonds is 4. The Hall–Kier alpha value is -2.48. The van der Waals surface area contributed by atoms with E-state index in [1.807, 2.05) is 0 Å². The Bertz CT molecular complexity index is 821. The van der Waals surface area contributed by atoms with E-state index >= 15 is 0 Å². The van der Waals surface area contributed by atoms with E-state index in [2.05, 4.69) is 15.2 Å². The van der Waals surface area contributed by atoms with Gasteiger partial charge in [-0.15, -0.1) is 0 Å². The zero-order chi connectivity index (χ0) is 18.0. The Kier molecular flexibility index (Phi) is 5.18. The minimum atomic E-state index is -1.08. The van der Waals surface area contributed by atoms with Crippen LogP contribution in [-0.2, 0) is 16.1 Å². The van der Waals surface area contributed by atoms with Crippen LogP contribution >= 0.6 is 11.6 Å². The Morgan fingerprint density at radius 1 is 1.29 bits per heavy atom. The summed E-state index contributed by atoms with van der Waals surface area (Å²) in [5.41, 5.74) is 0.319. The fraction of sp³-hybridized carbons (Fsp3) is 0.267. The first kappa shape index (κ1) is 17.9. The van der Waals surface area contributed by atoms with Crippen LogP contribution in [-0.4, -0.2) is 28.8 Å². The van der Waals surface area contributed by atoms with Crippen molar-refractivity contribution >= 4 is 29.2 Å². The number of benzene rings is 1. The van der Waals surface area contributed by atoms with Crippen LogP contribution in [0.2, 0.25) is 5.02 Å². The zero-order valence-corrected chi connectivity index (χ0v) is 13.9. The first-order valence-electron chi connectivity index (χ1n) is 6.81. The normalized spacial score (nSPS) is 10.6. The average Bonchev–Trinajstić information content (AvgIpc) is 2.76. The van der Waals surface area contributed by atoms with Crippen LogP contribution in [0.3, 0.4) is 0 Å². The third kappa shape index (κ3) is 3.53. The maximum absolute atomic E-state index is 13.8. The minimum Gasteiger partial charge on any atom is -0.465 e. The smallest absolute Gasteiger partial charge is 0.340 e. The molecule has 0 radical (unpaired) electrons. The molecule has 24 heavy (non-hydrogen) atoms. The maximum Gasteiger partial charge on any atom is 0.340 e. The fourth-order valence-corrected chi connectivity index (χ4v) is 2.20. The molecule has 0 aliphatic heterocycles. The number of aromatic nitrogens is 2. The van der Waals surface area contributed by atoms with Gasteiger partial charge in [-0.25, -0.2) is 13.6 Å². The predicted molar refractivity (Wildman–Crippen MR) is 83.0 cm³/mol. The number of nitrogens with zero attached hydrogens (tertiary/aromatic N) is 2. The van der Waals surface area contributed by atoms with Crippen LogP contribution in [0.1, 0.15) is 21.7 Å². The SMILES string of the molecule is COC(=O)c1cc(NC(=O)Cn2nc(C)c(Cl)c2C)c(F)cc1F. The summed E-state index contributed by atoms with van der Waals surface area (Å²) < 4.78 is 33.1. The molecule has 1 heterocycles. The zero-order valence-electron chi connectivity index (χ0n) is 13.1. The first-order valence-corrected chi connectivity index (χ1v) is 7.19. The van der Waals surface area contributed by atoms with Crippen LogP contribution in [0, 0.1) is 25.5 Å². The summed E-state index contributed by atoms with van der Waals surface area (Å²) in [5, 5.41) is 6.79. The van der Waals surface area contributed by atoms with Crippen LogP contribution in [0.4, 0.5) is 14.5 Å². The molecule has 1 amide bonds. The lowest BCUT2D eigenvalue weighted by Gasteiger charge is -2.10. The highest BCUT2D eigenvalue weighted by atomic mass is 35.5. The highest BCUT2D eigenvalue weighted by Gasteiger charge is 2.19. The van der Waals surface area contributed by atoms with Gasteiger partial charge in [0.15, 0.2) is 0 Å². The van der Waals surface area contributed by atoms with Crippen molar-refractivity contribution in [2.24, 2.45) is 0 Å². The van der Waals surface area contributed by atoms with E-state index in [9.17, 15) is 18.4 Å². The average molecular weight is 358 g/mol. The number of nitrogens with one attached hydrogen (secondary N) is 1. The number of halogens is 3. The lowest BCUT2D eigenvalue weighted by molar-refractivity contribution is -0.117. The van der Waals surface area contributed by atoms with Gasteiger partial charge >= 0.3 is 5.97 Å². The molecule has 128 valence electrons. The van der Waals surface area contributed by atoms with Gasteiger partial charge in [0.25, 0.3) is 0 Å². The van der Waals surface area contributed by atoms with Crippen molar-refractivity contribution in [1.29, 1.82) is 0 Å². The lowest BCUT2D eigenvalue weighted by atomic mass is 10.1. The van der Waals surface area contributed by atoms with Gasteiger partial charge in [-0.05, 0) is 19.9 Å². The Morgan fingerprint density at radius 2 is 1.96 bits per heavy atom. The number of ether oxygens (including phenoxy) is 1. The van der Waals surface area contributed by atoms with Gasteiger partial charge in [-0.2, -0.15) is 5.10 Å². The highest BCUT2D eigenvalue weighted by molar-refractivity contribution is 6.31. The predicted octanol–water partition coefficient (Wildman–Crippen LogP) is 2.86. The molecule has 0 aliphatic carbocycles. The van der Waals surface area contributed by atoms with Crippen LogP contribution < -0.4 is 5.32 Å². The summed E-state index contributed by atoms with van der Waals surface area (Å²) in [6.45, 7) is 3.15. The van der Waals surface area contributed by atoms with Gasteiger partial charge in [0.05, 0.1) is 34.8 Å². The van der Waals surface area contributed by atoms with E-state index in [4.69, 9.17) is 11.6 Å². The van der Waals surface area contributed by atoms with Crippen molar-refractivity contribution < 1.29 is 23.1 Å². The van der Waals surface area contributed by atoms with E-state index in [0.717, 1.165) is 13.2 Å². The summed E-state index contributed by atoms with van der Waals surface area (Å²) in [4.78, 5) is 23.5. The summed E-state index contributed by atoms with van der Waals surface area (Å²) in [5.74, 6) is -3.69. The molecule has 0 bridgehead atoms. The number of carbonyl (C=O) groups is 2. The van der Waals surface area contributed by atoms with Crippen molar-refractivity contribution in [3.8, 4) is 0 Å². The van der Waals surface area contributed by atoms with Gasteiger partial charge in [-0.1, -0.05) is 11.6 Å². The molecule has 0 saturated carbocycles. The van der Waals surface area contributed by atoms with Crippen molar-refractivity contribution in [2.45, 2.75) is 20.4 Å². The minimum absolute atomic E-state index is 0.218. The van der Waals surface area contributed by atoms with Crippen LogP contribution in [0.25, 0.3) is 0 Å². The van der Waals surface area contributed by atoms with Crippen molar-refractivity contribution in [2.75, 3.05) is 12.4 Å². The van der Waals surface area contributed by atoms with E-state index in [-0.39, 0.29) is 12.2 Å². The van der Waals surface area contributed by atoms with Gasteiger partial charge in [0.1, 0.15) is 18.2 Å². The third-order valence-corrected chi connectivity index (χ3v) is 3.87. The molecule has 6 nitrogen and oxygen atoms in total. The second-order valence-corrected chi connectivity index (χ2v) is 5.37. The summed E-state index contributed by atoms with van der Waals surface area (Å²) in [7, 11) is 1.07. The van der Waals surface area contributed by atoms with E-state index in [1.54, 1.807) is 13.8 Å². The van der Waals surface area contributed by atoms with Crippen LogP contribution in [0.15, 0.2) is 12.1 Å². The number of esters is 1. The topological polar surface area (TPSA) is 73.2 Å². The van der Waals surface area contributed by atoms with Crippen molar-refractivity contribution in [3.63, 3.8) is 0 Å². The maximum atomic E-state index is 13.8. The van der Waals surface area contributed by atoms with Crippen LogP contribution in [0.5, 0.6) is 0 Å². The highest BCUT2D eigenvalue weighted by Crippen LogP contribution is 2.21. The Labute approximate surface area is 141 Å². The summed E-state index contributed by atoms with van der Waals surface area (Å²) in [6.07, 6.45) is 0. The molecule has 1 aromatic heterocycles. The number of carbonyl (C=O) groups excluding carboxylic acids is 2. The van der Waals surface area contributed by atoms with Crippen molar-refractivity contribution in [1.82, 2.24) is 9.78 Å². The molecule has 2 rings (SSSR count). The molecule has 0 saturated heterocycles. The summed E-state index contributed by atoms with van der Waals surface area (Å²) in [6, 6.07) is 1.38. The third-order valence-electron chi connectivity index (χ3n) is 3.32.